The Morgan fingerprint density at radius 3 is 3.13 bits per heavy atom. The summed E-state index contributed by atoms with van der Waals surface area (Å²) in [5, 5.41) is 8.78. The van der Waals surface area contributed by atoms with Crippen LogP contribution in [0.4, 0.5) is 5.13 Å². The maximum absolute atomic E-state index is 5.86. The third-order valence-corrected chi connectivity index (χ3v) is 4.11. The van der Waals surface area contributed by atoms with Crippen LogP contribution in [-0.2, 0) is 4.74 Å². The van der Waals surface area contributed by atoms with Crippen molar-refractivity contribution in [3.63, 3.8) is 0 Å². The SMILES string of the molecule is COCCNc1nn2c(I)c(Cl)nc2s1. The zero-order valence-electron chi connectivity index (χ0n) is 7.83. The highest BCUT2D eigenvalue weighted by molar-refractivity contribution is 14.1. The number of hydrogen-bond acceptors (Lipinski definition) is 5. The van der Waals surface area contributed by atoms with Crippen molar-refractivity contribution in [1.29, 1.82) is 0 Å². The summed E-state index contributed by atoms with van der Waals surface area (Å²) in [6.07, 6.45) is 0. The molecule has 2 aromatic heterocycles. The minimum atomic E-state index is 0.498. The lowest BCUT2D eigenvalue weighted by Crippen LogP contribution is -2.07. The number of ether oxygens (including phenoxy) is 1. The third-order valence-electron chi connectivity index (χ3n) is 1.69. The first-order valence-corrected chi connectivity index (χ1v) is 6.43. The van der Waals surface area contributed by atoms with E-state index in [0.29, 0.717) is 11.8 Å². The molecule has 1 N–H and O–H groups in total. The number of methoxy groups -OCH3 is 1. The van der Waals surface area contributed by atoms with Crippen molar-refractivity contribution in [3.05, 3.63) is 8.85 Å². The van der Waals surface area contributed by atoms with Gasteiger partial charge >= 0.3 is 0 Å². The number of hydrogen-bond donors (Lipinski definition) is 1. The van der Waals surface area contributed by atoms with Crippen LogP contribution in [0.2, 0.25) is 5.15 Å². The van der Waals surface area contributed by atoms with Crippen LogP contribution in [0.5, 0.6) is 0 Å². The van der Waals surface area contributed by atoms with E-state index in [0.717, 1.165) is 20.3 Å². The molecule has 2 heterocycles. The van der Waals surface area contributed by atoms with Crippen molar-refractivity contribution < 1.29 is 4.74 Å². The van der Waals surface area contributed by atoms with Gasteiger partial charge in [0.25, 0.3) is 0 Å². The number of nitrogens with zero attached hydrogens (tertiary/aromatic N) is 3. The molecule has 0 amide bonds. The number of anilines is 1. The summed E-state index contributed by atoms with van der Waals surface area (Å²) in [7, 11) is 1.67. The van der Waals surface area contributed by atoms with E-state index in [1.807, 2.05) is 0 Å². The maximum Gasteiger partial charge on any atom is 0.216 e. The van der Waals surface area contributed by atoms with Gasteiger partial charge in [0.1, 0.15) is 3.70 Å². The molecular weight excluding hydrogens is 351 g/mol. The van der Waals surface area contributed by atoms with Crippen LogP contribution in [0, 0.1) is 3.70 Å². The van der Waals surface area contributed by atoms with E-state index in [4.69, 9.17) is 16.3 Å². The maximum atomic E-state index is 5.86. The van der Waals surface area contributed by atoms with Crippen LogP contribution >= 0.6 is 45.5 Å². The fourth-order valence-corrected chi connectivity index (χ4v) is 2.69. The average Bonchev–Trinajstić information content (AvgIpc) is 2.70. The largest absolute Gasteiger partial charge is 0.383 e. The molecule has 0 spiro atoms. The number of rotatable bonds is 4. The van der Waals surface area contributed by atoms with E-state index in [-0.39, 0.29) is 0 Å². The Hall–Kier alpha value is -0.120. The molecule has 82 valence electrons. The Kier molecular flexibility index (Phi) is 3.65. The van der Waals surface area contributed by atoms with Crippen LogP contribution < -0.4 is 5.32 Å². The number of nitrogens with one attached hydrogen (secondary N) is 1. The Balaban J connectivity index is 2.17. The van der Waals surface area contributed by atoms with Gasteiger partial charge in [-0.15, -0.1) is 5.10 Å². The summed E-state index contributed by atoms with van der Waals surface area (Å²) in [6.45, 7) is 1.39. The monoisotopic (exact) mass is 358 g/mol. The first-order chi connectivity index (χ1) is 7.22. The van der Waals surface area contributed by atoms with E-state index in [9.17, 15) is 0 Å². The average molecular weight is 359 g/mol. The molecule has 0 fully saturated rings. The summed E-state index contributed by atoms with van der Waals surface area (Å²) >= 11 is 9.44. The molecular formula is C7H8ClIN4OS. The first kappa shape index (κ1) is 11.4. The van der Waals surface area contributed by atoms with E-state index in [1.165, 1.54) is 11.3 Å². The standard InChI is InChI=1S/C7H8ClIN4OS/c1-14-3-2-10-6-12-13-5(9)4(8)11-7(13)15-6/h2-3H2,1H3,(H,10,12). The molecule has 15 heavy (non-hydrogen) atoms. The lowest BCUT2D eigenvalue weighted by atomic mass is 10.7. The van der Waals surface area contributed by atoms with Gasteiger partial charge in [-0.3, -0.25) is 0 Å². The van der Waals surface area contributed by atoms with Crippen LogP contribution in [0.15, 0.2) is 0 Å². The fraction of sp³-hybridized carbons (Fsp3) is 0.429. The lowest BCUT2D eigenvalue weighted by Gasteiger charge is -1.98. The molecule has 0 aromatic carbocycles. The molecule has 0 saturated carbocycles. The molecule has 0 aliphatic carbocycles. The second kappa shape index (κ2) is 4.81. The number of halogens is 2. The van der Waals surface area contributed by atoms with Crippen LogP contribution in [0.1, 0.15) is 0 Å². The smallest absolute Gasteiger partial charge is 0.216 e. The van der Waals surface area contributed by atoms with E-state index < -0.39 is 0 Å². The van der Waals surface area contributed by atoms with Gasteiger partial charge in [0.05, 0.1) is 6.61 Å². The summed E-state index contributed by atoms with van der Waals surface area (Å²) in [5.74, 6) is 0. The molecule has 2 rings (SSSR count). The van der Waals surface area contributed by atoms with Crippen molar-refractivity contribution in [2.24, 2.45) is 0 Å². The molecule has 0 bridgehead atoms. The lowest BCUT2D eigenvalue weighted by molar-refractivity contribution is 0.210. The predicted octanol–water partition coefficient (Wildman–Crippen LogP) is 2.11. The zero-order chi connectivity index (χ0) is 10.8. The quantitative estimate of drug-likeness (QED) is 0.672. The highest BCUT2D eigenvalue weighted by Gasteiger charge is 2.12. The second-order valence-electron chi connectivity index (χ2n) is 2.71. The van der Waals surface area contributed by atoms with Gasteiger partial charge in [-0.25, -0.2) is 4.98 Å². The van der Waals surface area contributed by atoms with Crippen molar-refractivity contribution in [2.75, 3.05) is 25.6 Å². The summed E-state index contributed by atoms with van der Waals surface area (Å²) in [6, 6.07) is 0. The first-order valence-electron chi connectivity index (χ1n) is 4.15. The van der Waals surface area contributed by atoms with Crippen molar-refractivity contribution in [3.8, 4) is 0 Å². The van der Waals surface area contributed by atoms with Crippen LogP contribution in [-0.4, -0.2) is 34.9 Å². The predicted molar refractivity (Wildman–Crippen MR) is 69.0 cm³/mol. The van der Waals surface area contributed by atoms with E-state index in [1.54, 1.807) is 11.6 Å². The minimum absolute atomic E-state index is 0.498. The number of aromatic nitrogens is 3. The third kappa shape index (κ3) is 2.35. The summed E-state index contributed by atoms with van der Waals surface area (Å²) < 4.78 is 7.49. The van der Waals surface area contributed by atoms with Crippen LogP contribution in [0.3, 0.4) is 0 Å². The van der Waals surface area contributed by atoms with Gasteiger partial charge in [-0.05, 0) is 22.6 Å². The summed E-state index contributed by atoms with van der Waals surface area (Å²) in [4.78, 5) is 4.96. The van der Waals surface area contributed by atoms with Gasteiger partial charge in [0.15, 0.2) is 5.15 Å². The number of imidazole rings is 1. The Labute approximate surface area is 109 Å². The highest BCUT2D eigenvalue weighted by atomic mass is 127. The Morgan fingerprint density at radius 1 is 1.67 bits per heavy atom. The van der Waals surface area contributed by atoms with E-state index >= 15 is 0 Å². The molecule has 0 aliphatic rings. The van der Waals surface area contributed by atoms with Crippen molar-refractivity contribution in [2.45, 2.75) is 0 Å². The molecule has 2 aromatic rings. The Morgan fingerprint density at radius 2 is 2.47 bits per heavy atom. The van der Waals surface area contributed by atoms with Crippen molar-refractivity contribution in [1.82, 2.24) is 14.6 Å². The Bertz CT molecular complexity index is 471. The highest BCUT2D eigenvalue weighted by Crippen LogP contribution is 2.25. The van der Waals surface area contributed by atoms with E-state index in [2.05, 4.69) is 38.0 Å². The molecule has 0 atom stereocenters. The molecule has 0 unspecified atom stereocenters. The normalized spacial score (nSPS) is 11.1. The van der Waals surface area contributed by atoms with Gasteiger partial charge in [-0.2, -0.15) is 4.52 Å². The molecule has 0 aliphatic heterocycles. The van der Waals surface area contributed by atoms with Crippen LogP contribution in [0.25, 0.3) is 4.96 Å². The topological polar surface area (TPSA) is 51.5 Å². The minimum Gasteiger partial charge on any atom is -0.383 e. The second-order valence-corrected chi connectivity index (χ2v) is 5.05. The zero-order valence-corrected chi connectivity index (χ0v) is 11.6. The van der Waals surface area contributed by atoms with Gasteiger partial charge in [0.2, 0.25) is 10.1 Å². The molecule has 5 nitrogen and oxygen atoms in total. The van der Waals surface area contributed by atoms with Gasteiger partial charge < -0.3 is 10.1 Å². The number of fused-ring (bicyclic) bond motifs is 1. The molecule has 0 radical (unpaired) electrons. The van der Waals surface area contributed by atoms with Gasteiger partial charge in [0, 0.05) is 13.7 Å². The van der Waals surface area contributed by atoms with Crippen molar-refractivity contribution >= 4 is 55.6 Å². The van der Waals surface area contributed by atoms with Gasteiger partial charge in [-0.1, -0.05) is 22.9 Å². The molecule has 0 saturated heterocycles. The fourth-order valence-electron chi connectivity index (χ4n) is 1.03. The summed E-state index contributed by atoms with van der Waals surface area (Å²) in [5.41, 5.74) is 0. The molecule has 8 heteroatoms.